The first-order chi connectivity index (χ1) is 25.4. The zero-order valence-electron chi connectivity index (χ0n) is 30.1. The number of allylic oxidation sites excluding steroid dienone is 6. The highest BCUT2D eigenvalue weighted by molar-refractivity contribution is 5.70. The molecule has 2 aromatic rings. The molecule has 0 radical (unpaired) electrons. The van der Waals surface area contributed by atoms with Gasteiger partial charge in [0.2, 0.25) is 0 Å². The third-order valence-electron chi connectivity index (χ3n) is 11.9. The van der Waals surface area contributed by atoms with Crippen molar-refractivity contribution in [3.05, 3.63) is 127 Å². The first-order valence-electron chi connectivity index (χ1n) is 18.1. The molecule has 0 spiro atoms. The maximum atomic E-state index is 11.9. The Hall–Kier alpha value is -5.06. The van der Waals surface area contributed by atoms with E-state index >= 15 is 0 Å². The fourth-order valence-electron chi connectivity index (χ4n) is 9.07. The van der Waals surface area contributed by atoms with E-state index in [4.69, 9.17) is 28.9 Å². The molecule has 0 saturated carbocycles. The van der Waals surface area contributed by atoms with E-state index in [2.05, 4.69) is 34.1 Å². The van der Waals surface area contributed by atoms with Gasteiger partial charge in [0.1, 0.15) is 35.2 Å². The lowest BCUT2D eigenvalue weighted by atomic mass is 9.81. The molecule has 10 heteroatoms. The molecule has 2 aliphatic carbocycles. The Morgan fingerprint density at radius 3 is 1.46 bits per heavy atom. The lowest BCUT2D eigenvalue weighted by molar-refractivity contribution is 0.118. The van der Waals surface area contributed by atoms with Crippen molar-refractivity contribution >= 4 is 11.1 Å². The summed E-state index contributed by atoms with van der Waals surface area (Å²) in [5.41, 5.74) is 8.55. The van der Waals surface area contributed by atoms with Gasteiger partial charge in [-0.2, -0.15) is 0 Å². The topological polar surface area (TPSA) is 109 Å². The third-order valence-corrected chi connectivity index (χ3v) is 11.9. The molecular formula is C42H44N4O6. The number of fused-ring (bicyclic) bond motifs is 8. The molecular weight excluding hydrogens is 656 g/mol. The van der Waals surface area contributed by atoms with Crippen LogP contribution in [0.1, 0.15) is 25.7 Å². The second-order valence-electron chi connectivity index (χ2n) is 14.4. The molecule has 9 rings (SSSR count). The van der Waals surface area contributed by atoms with Crippen LogP contribution in [0.5, 0.6) is 11.5 Å². The van der Waals surface area contributed by atoms with Crippen LogP contribution < -0.4 is 30.6 Å². The summed E-state index contributed by atoms with van der Waals surface area (Å²) in [7, 11) is 6.64. The van der Waals surface area contributed by atoms with Gasteiger partial charge in [-0.15, -0.1) is 0 Å². The molecule has 10 nitrogen and oxygen atoms in total. The Morgan fingerprint density at radius 2 is 1.06 bits per heavy atom. The molecule has 0 amide bonds. The van der Waals surface area contributed by atoms with Crippen LogP contribution in [-0.4, -0.2) is 86.8 Å². The van der Waals surface area contributed by atoms with E-state index < -0.39 is 12.2 Å². The number of aliphatic hydroxyl groups excluding tert-OH is 2. The molecule has 5 aliphatic heterocycles. The molecule has 4 atom stereocenters. The van der Waals surface area contributed by atoms with Crippen molar-refractivity contribution < 1.29 is 29.2 Å². The number of aliphatic hydroxyl groups is 2. The first kappa shape index (κ1) is 32.8. The largest absolute Gasteiger partial charge is 0.509 e. The molecule has 2 aromatic carbocycles. The van der Waals surface area contributed by atoms with Gasteiger partial charge >= 0.3 is 0 Å². The van der Waals surface area contributed by atoms with Gasteiger partial charge in [-0.05, 0) is 72.2 Å². The van der Waals surface area contributed by atoms with Crippen LogP contribution in [-0.2, 0) is 9.47 Å². The Bertz CT molecular complexity index is 2170. The maximum absolute atomic E-state index is 11.9. The van der Waals surface area contributed by atoms with Gasteiger partial charge in [0, 0.05) is 86.2 Å². The zero-order chi connectivity index (χ0) is 35.7. The van der Waals surface area contributed by atoms with Crippen LogP contribution in [0.3, 0.4) is 0 Å². The minimum absolute atomic E-state index is 0.0985. The quantitative estimate of drug-likeness (QED) is 0.466. The molecule has 5 heterocycles. The highest BCUT2D eigenvalue weighted by Gasteiger charge is 2.39. The van der Waals surface area contributed by atoms with Crippen LogP contribution in [0, 0.1) is 11.8 Å². The van der Waals surface area contributed by atoms with Crippen LogP contribution in [0.4, 0.5) is 0 Å². The standard InChI is InChI=1S/C42H44N4O6/c1-49-25-7-9-27-29-13-15-45-21-31-24(6-12-38(52-4)41(31)47)18-36-40-30(28-10-8-26(50-2)20-34(28)44-40)14-16-46(36)22-32-23(5-11-37(51-3)42(32)48)17-35(45)39(29)43-33(27)19-25/h5-12,19-20,23-24,37-38,47-48H,13-18,21-22H2,1-4H3. The van der Waals surface area contributed by atoms with Crippen LogP contribution >= 0.6 is 0 Å². The summed E-state index contributed by atoms with van der Waals surface area (Å²) < 4.78 is 22.7. The van der Waals surface area contributed by atoms with Gasteiger partial charge in [-0.25, -0.2) is 9.98 Å². The van der Waals surface area contributed by atoms with Crippen molar-refractivity contribution in [2.45, 2.75) is 37.9 Å². The molecule has 4 unspecified atom stereocenters. The van der Waals surface area contributed by atoms with E-state index in [0.717, 1.165) is 92.5 Å². The van der Waals surface area contributed by atoms with E-state index in [-0.39, 0.29) is 23.4 Å². The first-order valence-corrected chi connectivity index (χ1v) is 18.1. The number of rotatable bonds is 4. The van der Waals surface area contributed by atoms with E-state index in [0.29, 0.717) is 25.9 Å². The second-order valence-corrected chi connectivity index (χ2v) is 14.4. The zero-order valence-corrected chi connectivity index (χ0v) is 30.1. The molecule has 2 N–H and O–H groups in total. The van der Waals surface area contributed by atoms with Crippen molar-refractivity contribution in [3.8, 4) is 11.5 Å². The summed E-state index contributed by atoms with van der Waals surface area (Å²) in [6, 6.07) is 12.3. The minimum Gasteiger partial charge on any atom is -0.509 e. The Morgan fingerprint density at radius 1 is 0.615 bits per heavy atom. The van der Waals surface area contributed by atoms with E-state index in [9.17, 15) is 10.2 Å². The molecule has 0 bridgehead atoms. The lowest BCUT2D eigenvalue weighted by Crippen LogP contribution is -2.40. The Labute approximate surface area is 302 Å². The molecule has 1 fully saturated rings. The Kier molecular flexibility index (Phi) is 8.12. The van der Waals surface area contributed by atoms with Gasteiger partial charge in [-0.3, -0.25) is 0 Å². The van der Waals surface area contributed by atoms with Gasteiger partial charge in [0.15, 0.2) is 0 Å². The number of hydrogen-bond acceptors (Lipinski definition) is 10. The summed E-state index contributed by atoms with van der Waals surface area (Å²) in [5.74, 6) is 1.90. The Balaban J connectivity index is 1.24. The summed E-state index contributed by atoms with van der Waals surface area (Å²) in [5, 5.41) is 27.9. The number of methoxy groups -OCH3 is 4. The van der Waals surface area contributed by atoms with Crippen molar-refractivity contribution in [1.29, 1.82) is 0 Å². The summed E-state index contributed by atoms with van der Waals surface area (Å²) >= 11 is 0. The average Bonchev–Trinajstić information content (AvgIpc) is 3.73. The smallest absolute Gasteiger partial charge is 0.132 e. The number of ether oxygens (including phenoxy) is 4. The van der Waals surface area contributed by atoms with Gasteiger partial charge in [0.05, 0.1) is 36.3 Å². The average molecular weight is 701 g/mol. The second kappa shape index (κ2) is 12.9. The van der Waals surface area contributed by atoms with Gasteiger partial charge in [0.25, 0.3) is 0 Å². The fourth-order valence-corrected chi connectivity index (χ4v) is 9.07. The SMILES string of the molecule is COc1ccc2c(c1)=NC1=C3CC4C=CC(OC)C(O)=C4CN4CCC5=c6ccc(OC)cc6=NC5=C4CC4C=CC(OC)C(O)=C4CN3CCC=21. The van der Waals surface area contributed by atoms with Crippen LogP contribution in [0.15, 0.2) is 116 Å². The predicted molar refractivity (Wildman–Crippen MR) is 196 cm³/mol. The minimum atomic E-state index is -0.510. The molecule has 52 heavy (non-hydrogen) atoms. The van der Waals surface area contributed by atoms with Crippen molar-refractivity contribution in [2.24, 2.45) is 21.8 Å². The predicted octanol–water partition coefficient (Wildman–Crippen LogP) is 3.63. The molecule has 1 saturated heterocycles. The number of hydrogen-bond donors (Lipinski definition) is 2. The summed E-state index contributed by atoms with van der Waals surface area (Å²) in [4.78, 5) is 15.3. The maximum Gasteiger partial charge on any atom is 0.132 e. The summed E-state index contributed by atoms with van der Waals surface area (Å²) in [6.45, 7) is 2.59. The van der Waals surface area contributed by atoms with Crippen LogP contribution in [0.25, 0.3) is 11.1 Å². The van der Waals surface area contributed by atoms with E-state index in [1.807, 2.05) is 36.4 Å². The lowest BCUT2D eigenvalue weighted by Gasteiger charge is -2.42. The van der Waals surface area contributed by atoms with E-state index in [1.165, 1.54) is 11.1 Å². The van der Waals surface area contributed by atoms with E-state index in [1.54, 1.807) is 28.4 Å². The normalized spacial score (nSPS) is 26.2. The highest BCUT2D eigenvalue weighted by Crippen LogP contribution is 2.43. The van der Waals surface area contributed by atoms with Crippen molar-refractivity contribution in [3.63, 3.8) is 0 Å². The van der Waals surface area contributed by atoms with Gasteiger partial charge < -0.3 is 39.0 Å². The van der Waals surface area contributed by atoms with Crippen molar-refractivity contribution in [1.82, 2.24) is 9.80 Å². The third kappa shape index (κ3) is 5.22. The number of nitrogens with zero attached hydrogens (tertiary/aromatic N) is 4. The van der Waals surface area contributed by atoms with Crippen LogP contribution in [0.2, 0.25) is 0 Å². The molecule has 268 valence electrons. The highest BCUT2D eigenvalue weighted by atomic mass is 16.5. The monoisotopic (exact) mass is 700 g/mol. The summed E-state index contributed by atoms with van der Waals surface area (Å²) in [6.07, 6.45) is 10.2. The molecule has 7 aliphatic rings. The van der Waals surface area contributed by atoms with Gasteiger partial charge in [-0.1, -0.05) is 24.3 Å². The number of benzene rings is 2. The molecule has 0 aromatic heterocycles. The van der Waals surface area contributed by atoms with Crippen molar-refractivity contribution in [2.75, 3.05) is 54.6 Å². The fraction of sp³-hybridized carbons (Fsp3) is 0.381.